The molecular formula is C22H25N3O2S. The predicted molar refractivity (Wildman–Crippen MR) is 118 cm³/mol. The number of amidine groups is 1. The van der Waals surface area contributed by atoms with E-state index in [0.717, 1.165) is 35.8 Å². The molecular weight excluding hydrogens is 370 g/mol. The molecule has 2 aliphatic heterocycles. The minimum absolute atomic E-state index is 0.283. The first-order valence-electron chi connectivity index (χ1n) is 9.47. The van der Waals surface area contributed by atoms with E-state index in [4.69, 9.17) is 26.7 Å². The SMILES string of the molecule is COc1cccc(N2C(=S)N=C(Nc3ccccc3)[C@@]23CCOC(C)(C)C3)c1. The molecule has 0 unspecified atom stereocenters. The Morgan fingerprint density at radius 2 is 1.93 bits per heavy atom. The Morgan fingerprint density at radius 1 is 1.14 bits per heavy atom. The zero-order chi connectivity index (χ0) is 19.8. The van der Waals surface area contributed by atoms with Crippen molar-refractivity contribution in [1.29, 1.82) is 0 Å². The smallest absolute Gasteiger partial charge is 0.202 e. The molecule has 1 saturated heterocycles. The summed E-state index contributed by atoms with van der Waals surface area (Å²) in [5.74, 6) is 1.68. The molecule has 0 bridgehead atoms. The largest absolute Gasteiger partial charge is 0.497 e. The Hall–Kier alpha value is -2.44. The molecule has 0 aromatic heterocycles. The summed E-state index contributed by atoms with van der Waals surface area (Å²) in [6.07, 6.45) is 1.57. The van der Waals surface area contributed by atoms with Crippen LogP contribution in [0.5, 0.6) is 5.75 Å². The summed E-state index contributed by atoms with van der Waals surface area (Å²) in [6.45, 7) is 4.89. The molecule has 1 atom stereocenters. The lowest BCUT2D eigenvalue weighted by molar-refractivity contribution is -0.0661. The van der Waals surface area contributed by atoms with Crippen LogP contribution in [-0.4, -0.2) is 35.8 Å². The average Bonchev–Trinajstić information content (AvgIpc) is 2.92. The van der Waals surface area contributed by atoms with E-state index in [-0.39, 0.29) is 11.1 Å². The molecule has 28 heavy (non-hydrogen) atoms. The van der Waals surface area contributed by atoms with Gasteiger partial charge in [0.15, 0.2) is 0 Å². The van der Waals surface area contributed by atoms with Crippen LogP contribution >= 0.6 is 12.2 Å². The second-order valence-electron chi connectivity index (χ2n) is 7.84. The van der Waals surface area contributed by atoms with Gasteiger partial charge in [-0.25, -0.2) is 4.99 Å². The van der Waals surface area contributed by atoms with E-state index in [9.17, 15) is 0 Å². The molecule has 1 fully saturated rings. The van der Waals surface area contributed by atoms with Gasteiger partial charge in [0.05, 0.1) is 12.7 Å². The number of methoxy groups -OCH3 is 1. The van der Waals surface area contributed by atoms with Gasteiger partial charge in [-0.2, -0.15) is 0 Å². The molecule has 2 aromatic carbocycles. The molecule has 2 aromatic rings. The average molecular weight is 396 g/mol. The first kappa shape index (κ1) is 18.9. The number of para-hydroxylation sites is 1. The summed E-state index contributed by atoms with van der Waals surface area (Å²) in [6, 6.07) is 18.1. The van der Waals surface area contributed by atoms with Crippen molar-refractivity contribution in [3.05, 3.63) is 54.6 Å². The Labute approximate surface area is 171 Å². The summed E-state index contributed by atoms with van der Waals surface area (Å²) in [5.41, 5.74) is 1.31. The van der Waals surface area contributed by atoms with Crippen LogP contribution in [0.25, 0.3) is 0 Å². The van der Waals surface area contributed by atoms with Crippen LogP contribution in [0.1, 0.15) is 26.7 Å². The Kier molecular flexibility index (Phi) is 4.85. The van der Waals surface area contributed by atoms with Gasteiger partial charge in [0, 0.05) is 36.9 Å². The lowest BCUT2D eigenvalue weighted by Crippen LogP contribution is -2.60. The van der Waals surface area contributed by atoms with Gasteiger partial charge in [-0.15, -0.1) is 0 Å². The zero-order valence-electron chi connectivity index (χ0n) is 16.4. The van der Waals surface area contributed by atoms with Crippen molar-refractivity contribution in [2.24, 2.45) is 4.99 Å². The normalized spacial score (nSPS) is 23.6. The standard InChI is InChI=1S/C22H25N3O2S/c1-21(2)15-22(12-13-27-21)19(23-16-8-5-4-6-9-16)24-20(28)25(22)17-10-7-11-18(14-17)26-3/h4-11,14H,12-13,15H2,1-3H3,(H,23,24,28)/t22-/m0/s1. The maximum Gasteiger partial charge on any atom is 0.202 e. The summed E-state index contributed by atoms with van der Waals surface area (Å²) >= 11 is 5.74. The number of hydrogen-bond donors (Lipinski definition) is 1. The Bertz CT molecular complexity index is 913. The quantitative estimate of drug-likeness (QED) is 0.767. The minimum atomic E-state index is -0.388. The highest BCUT2D eigenvalue weighted by Gasteiger charge is 2.53. The molecule has 0 amide bonds. The fourth-order valence-electron chi connectivity index (χ4n) is 4.18. The third-order valence-electron chi connectivity index (χ3n) is 5.34. The van der Waals surface area contributed by atoms with Gasteiger partial charge in [-0.3, -0.25) is 0 Å². The molecule has 6 heteroatoms. The maximum atomic E-state index is 6.04. The fraction of sp³-hybridized carbons (Fsp3) is 0.364. The van der Waals surface area contributed by atoms with Crippen molar-refractivity contribution in [1.82, 2.24) is 0 Å². The van der Waals surface area contributed by atoms with E-state index in [1.807, 2.05) is 48.5 Å². The van der Waals surface area contributed by atoms with Crippen molar-refractivity contribution < 1.29 is 9.47 Å². The molecule has 2 heterocycles. The number of thiocarbonyl (C=S) groups is 1. The van der Waals surface area contributed by atoms with Crippen LogP contribution < -0.4 is 15.0 Å². The molecule has 2 aliphatic rings. The third-order valence-corrected chi connectivity index (χ3v) is 5.62. The fourth-order valence-corrected chi connectivity index (χ4v) is 4.55. The van der Waals surface area contributed by atoms with E-state index in [0.29, 0.717) is 11.7 Å². The number of nitrogens with one attached hydrogen (secondary N) is 1. The summed E-state index contributed by atoms with van der Waals surface area (Å²) < 4.78 is 11.5. The van der Waals surface area contributed by atoms with Crippen LogP contribution in [0.2, 0.25) is 0 Å². The molecule has 146 valence electrons. The number of anilines is 2. The van der Waals surface area contributed by atoms with Crippen molar-refractivity contribution in [2.45, 2.75) is 37.8 Å². The monoisotopic (exact) mass is 395 g/mol. The molecule has 5 nitrogen and oxygen atoms in total. The van der Waals surface area contributed by atoms with Crippen LogP contribution in [0.15, 0.2) is 59.6 Å². The minimum Gasteiger partial charge on any atom is -0.497 e. The molecule has 0 aliphatic carbocycles. The van der Waals surface area contributed by atoms with Gasteiger partial charge in [-0.05, 0) is 50.3 Å². The van der Waals surface area contributed by atoms with Crippen molar-refractivity contribution in [2.75, 3.05) is 23.9 Å². The third kappa shape index (κ3) is 3.38. The summed E-state index contributed by atoms with van der Waals surface area (Å²) in [4.78, 5) is 6.97. The van der Waals surface area contributed by atoms with E-state index < -0.39 is 0 Å². The van der Waals surface area contributed by atoms with Crippen LogP contribution in [0, 0.1) is 0 Å². The second kappa shape index (κ2) is 7.18. The van der Waals surface area contributed by atoms with Gasteiger partial charge in [0.2, 0.25) is 5.11 Å². The second-order valence-corrected chi connectivity index (χ2v) is 8.20. The van der Waals surface area contributed by atoms with E-state index in [2.05, 4.69) is 30.1 Å². The first-order chi connectivity index (χ1) is 13.4. The number of ether oxygens (including phenoxy) is 2. The predicted octanol–water partition coefficient (Wildman–Crippen LogP) is 4.64. The Morgan fingerprint density at radius 3 is 2.64 bits per heavy atom. The van der Waals surface area contributed by atoms with Crippen molar-refractivity contribution in [3.8, 4) is 5.75 Å². The first-order valence-corrected chi connectivity index (χ1v) is 9.88. The highest BCUT2D eigenvalue weighted by Crippen LogP contribution is 2.44. The van der Waals surface area contributed by atoms with Gasteiger partial charge in [0.1, 0.15) is 17.1 Å². The van der Waals surface area contributed by atoms with E-state index in [1.165, 1.54) is 0 Å². The number of aliphatic imine (C=N–C) groups is 1. The molecule has 0 radical (unpaired) electrons. The number of nitrogens with zero attached hydrogens (tertiary/aromatic N) is 2. The van der Waals surface area contributed by atoms with Gasteiger partial charge < -0.3 is 19.7 Å². The van der Waals surface area contributed by atoms with Gasteiger partial charge in [-0.1, -0.05) is 24.3 Å². The summed E-state index contributed by atoms with van der Waals surface area (Å²) in [5, 5.41) is 4.09. The van der Waals surface area contributed by atoms with Crippen molar-refractivity contribution in [3.63, 3.8) is 0 Å². The lowest BCUT2D eigenvalue weighted by Gasteiger charge is -2.48. The number of hydrogen-bond acceptors (Lipinski definition) is 4. The topological polar surface area (TPSA) is 46.1 Å². The van der Waals surface area contributed by atoms with Crippen molar-refractivity contribution >= 4 is 34.5 Å². The van der Waals surface area contributed by atoms with Gasteiger partial charge in [0.25, 0.3) is 0 Å². The molecule has 0 saturated carbocycles. The number of rotatable bonds is 3. The number of benzene rings is 2. The highest BCUT2D eigenvalue weighted by atomic mass is 32.1. The maximum absolute atomic E-state index is 6.04. The van der Waals surface area contributed by atoms with E-state index >= 15 is 0 Å². The van der Waals surface area contributed by atoms with Crippen LogP contribution in [0.4, 0.5) is 11.4 Å². The van der Waals surface area contributed by atoms with Gasteiger partial charge >= 0.3 is 0 Å². The lowest BCUT2D eigenvalue weighted by atomic mass is 9.79. The summed E-state index contributed by atoms with van der Waals surface area (Å²) in [7, 11) is 1.67. The molecule has 1 N–H and O–H groups in total. The van der Waals surface area contributed by atoms with E-state index in [1.54, 1.807) is 7.11 Å². The molecule has 1 spiro atoms. The van der Waals surface area contributed by atoms with Crippen LogP contribution in [-0.2, 0) is 4.74 Å². The zero-order valence-corrected chi connectivity index (χ0v) is 17.3. The Balaban J connectivity index is 1.78. The highest BCUT2D eigenvalue weighted by molar-refractivity contribution is 7.80. The van der Waals surface area contributed by atoms with Crippen LogP contribution in [0.3, 0.4) is 0 Å². The molecule has 4 rings (SSSR count).